The summed E-state index contributed by atoms with van der Waals surface area (Å²) in [4.78, 5) is 25.5. The Balaban J connectivity index is 1.10. The lowest BCUT2D eigenvalue weighted by Gasteiger charge is -2.43. The number of hydrogen-bond donors (Lipinski definition) is 0. The highest BCUT2D eigenvalue weighted by Gasteiger charge is 2.69. The van der Waals surface area contributed by atoms with E-state index in [2.05, 4.69) is 20.8 Å². The number of carbonyl (C=O) groups is 2. The predicted octanol–water partition coefficient (Wildman–Crippen LogP) is 3.54. The van der Waals surface area contributed by atoms with Crippen LogP contribution in [0.5, 0.6) is 0 Å². The van der Waals surface area contributed by atoms with Gasteiger partial charge in [-0.2, -0.15) is 0 Å². The van der Waals surface area contributed by atoms with Crippen molar-refractivity contribution in [1.29, 1.82) is 0 Å². The van der Waals surface area contributed by atoms with Crippen molar-refractivity contribution in [3.8, 4) is 0 Å². The van der Waals surface area contributed by atoms with Crippen molar-refractivity contribution in [2.75, 3.05) is 0 Å². The van der Waals surface area contributed by atoms with Gasteiger partial charge in [-0.05, 0) is 78.9 Å². The first-order chi connectivity index (χ1) is 13.5. The van der Waals surface area contributed by atoms with Gasteiger partial charge in [0.1, 0.15) is 12.2 Å². The van der Waals surface area contributed by atoms with Crippen molar-refractivity contribution in [1.82, 2.24) is 0 Å². The van der Waals surface area contributed by atoms with E-state index in [0.717, 1.165) is 54.3 Å². The molecule has 4 nitrogen and oxygen atoms in total. The van der Waals surface area contributed by atoms with Gasteiger partial charge in [-0.15, -0.1) is 0 Å². The quantitative estimate of drug-likeness (QED) is 0.540. The summed E-state index contributed by atoms with van der Waals surface area (Å²) < 4.78 is 11.9. The van der Waals surface area contributed by atoms with Gasteiger partial charge in [0.25, 0.3) is 0 Å². The third kappa shape index (κ3) is 1.73. The van der Waals surface area contributed by atoms with Gasteiger partial charge in [0.2, 0.25) is 0 Å². The Kier molecular flexibility index (Phi) is 3.08. The Hall–Kier alpha value is -1.06. The molecular formula is C24H32O4. The van der Waals surface area contributed by atoms with Crippen molar-refractivity contribution in [3.63, 3.8) is 0 Å². The summed E-state index contributed by atoms with van der Waals surface area (Å²) in [7, 11) is 0. The van der Waals surface area contributed by atoms with E-state index in [4.69, 9.17) is 9.47 Å². The van der Waals surface area contributed by atoms with E-state index in [9.17, 15) is 9.59 Å². The second-order valence-corrected chi connectivity index (χ2v) is 11.7. The molecule has 1 heterocycles. The number of rotatable bonds is 2. The summed E-state index contributed by atoms with van der Waals surface area (Å²) in [5.74, 6) is 7.51. The number of hydrogen-bond acceptors (Lipinski definition) is 4. The maximum atomic E-state index is 13.3. The van der Waals surface area contributed by atoms with Gasteiger partial charge in [0.15, 0.2) is 0 Å². The molecule has 0 aromatic carbocycles. The van der Waals surface area contributed by atoms with E-state index >= 15 is 0 Å². The standard InChI is InChI=1S/C24H32O4/c1-8-9(2)13-6-12(8)19-11-4-15(20(13)19)16(5-11)23(25)27-21-14-7-17-18(10(14)3)24(26)28-22(17)21/h8-22H,4-7H2,1-3H3. The number of carbonyl (C=O) groups excluding carboxylic acids is 2. The van der Waals surface area contributed by atoms with Crippen LogP contribution in [-0.4, -0.2) is 24.1 Å². The molecule has 0 radical (unpaired) electrons. The fourth-order valence-electron chi connectivity index (χ4n) is 10.2. The van der Waals surface area contributed by atoms with Crippen LogP contribution in [0.25, 0.3) is 0 Å². The van der Waals surface area contributed by atoms with Gasteiger partial charge in [-0.3, -0.25) is 9.59 Å². The van der Waals surface area contributed by atoms with Gasteiger partial charge >= 0.3 is 11.9 Å². The lowest BCUT2D eigenvalue weighted by atomic mass is 9.62. The summed E-state index contributed by atoms with van der Waals surface area (Å²) >= 11 is 0. The minimum absolute atomic E-state index is 0.0404. The lowest BCUT2D eigenvalue weighted by Crippen LogP contribution is -2.44. The molecule has 7 aliphatic rings. The van der Waals surface area contributed by atoms with E-state index < -0.39 is 0 Å². The molecular weight excluding hydrogens is 352 g/mol. The van der Waals surface area contributed by atoms with Crippen molar-refractivity contribution in [2.45, 2.75) is 58.7 Å². The minimum atomic E-state index is -0.177. The molecule has 0 amide bonds. The second-order valence-electron chi connectivity index (χ2n) is 11.7. The average Bonchev–Trinajstić information content (AvgIpc) is 3.45. The van der Waals surface area contributed by atoms with Crippen LogP contribution in [0.15, 0.2) is 0 Å². The summed E-state index contributed by atoms with van der Waals surface area (Å²) in [6, 6.07) is 0. The molecule has 15 atom stereocenters. The average molecular weight is 385 g/mol. The van der Waals surface area contributed by atoms with Crippen LogP contribution in [0.2, 0.25) is 0 Å². The molecule has 0 aromatic heterocycles. The molecule has 1 saturated heterocycles. The summed E-state index contributed by atoms with van der Waals surface area (Å²) in [5, 5.41) is 0. The van der Waals surface area contributed by atoms with Crippen LogP contribution in [0.4, 0.5) is 0 Å². The SMILES string of the molecule is CC1C(C)C2CC1C1C3CC(C(=O)OC4C5CC6C4OC(=O)C6C5C)C(C3)C21. The van der Waals surface area contributed by atoms with E-state index in [1.54, 1.807) is 0 Å². The zero-order chi connectivity index (χ0) is 19.1. The summed E-state index contributed by atoms with van der Waals surface area (Å²) in [5.41, 5.74) is 0. The van der Waals surface area contributed by atoms with E-state index in [1.807, 2.05) is 0 Å². The molecule has 0 spiro atoms. The predicted molar refractivity (Wildman–Crippen MR) is 101 cm³/mol. The van der Waals surface area contributed by atoms with Crippen LogP contribution < -0.4 is 0 Å². The Bertz CT molecular complexity index is 762. The summed E-state index contributed by atoms with van der Waals surface area (Å²) in [6.45, 7) is 7.07. The molecule has 4 heteroatoms. The monoisotopic (exact) mass is 384 g/mol. The zero-order valence-corrected chi connectivity index (χ0v) is 17.1. The Labute approximate surface area is 167 Å². The largest absolute Gasteiger partial charge is 0.458 e. The molecule has 0 N–H and O–H groups in total. The van der Waals surface area contributed by atoms with Crippen LogP contribution >= 0.6 is 0 Å². The van der Waals surface area contributed by atoms with E-state index in [1.165, 1.54) is 12.8 Å². The normalized spacial score (nSPS) is 64.5. The molecule has 6 saturated carbocycles. The highest BCUT2D eigenvalue weighted by atomic mass is 16.6. The van der Waals surface area contributed by atoms with Crippen LogP contribution in [0.3, 0.4) is 0 Å². The van der Waals surface area contributed by atoms with Crippen molar-refractivity contribution < 1.29 is 19.1 Å². The van der Waals surface area contributed by atoms with Gasteiger partial charge in [0, 0.05) is 11.8 Å². The highest BCUT2D eigenvalue weighted by molar-refractivity contribution is 5.78. The molecule has 7 fully saturated rings. The molecule has 15 unspecified atom stereocenters. The van der Waals surface area contributed by atoms with Gasteiger partial charge in [-0.25, -0.2) is 0 Å². The Morgan fingerprint density at radius 2 is 1.57 bits per heavy atom. The molecule has 28 heavy (non-hydrogen) atoms. The van der Waals surface area contributed by atoms with Crippen molar-refractivity contribution in [3.05, 3.63) is 0 Å². The highest BCUT2D eigenvalue weighted by Crippen LogP contribution is 2.71. The third-order valence-electron chi connectivity index (χ3n) is 11.3. The van der Waals surface area contributed by atoms with Gasteiger partial charge in [0.05, 0.1) is 11.8 Å². The molecule has 152 valence electrons. The first kappa shape index (κ1) is 16.7. The number of ether oxygens (including phenoxy) is 2. The Morgan fingerprint density at radius 1 is 0.857 bits per heavy atom. The van der Waals surface area contributed by atoms with Crippen LogP contribution in [-0.2, 0) is 19.1 Å². The van der Waals surface area contributed by atoms with Crippen LogP contribution in [0.1, 0.15) is 46.5 Å². The fourth-order valence-corrected chi connectivity index (χ4v) is 10.2. The maximum Gasteiger partial charge on any atom is 0.310 e. The fraction of sp³-hybridized carbons (Fsp3) is 0.917. The van der Waals surface area contributed by atoms with Gasteiger partial charge < -0.3 is 9.47 Å². The van der Waals surface area contributed by atoms with Crippen LogP contribution in [0, 0.1) is 76.9 Å². The second kappa shape index (κ2) is 5.16. The van der Waals surface area contributed by atoms with Crippen molar-refractivity contribution >= 4 is 11.9 Å². The lowest BCUT2D eigenvalue weighted by molar-refractivity contribution is -0.169. The molecule has 6 bridgehead atoms. The first-order valence-electron chi connectivity index (χ1n) is 11.9. The van der Waals surface area contributed by atoms with Crippen molar-refractivity contribution in [2.24, 2.45) is 76.9 Å². The van der Waals surface area contributed by atoms with E-state index in [-0.39, 0.29) is 36.0 Å². The topological polar surface area (TPSA) is 52.6 Å². The first-order valence-corrected chi connectivity index (χ1v) is 11.9. The van der Waals surface area contributed by atoms with E-state index in [0.29, 0.717) is 23.7 Å². The molecule has 1 aliphatic heterocycles. The molecule has 6 aliphatic carbocycles. The molecule has 7 rings (SSSR count). The van der Waals surface area contributed by atoms with Gasteiger partial charge in [-0.1, -0.05) is 20.8 Å². The third-order valence-corrected chi connectivity index (χ3v) is 11.3. The molecule has 0 aromatic rings. The minimum Gasteiger partial charge on any atom is -0.458 e. The summed E-state index contributed by atoms with van der Waals surface area (Å²) in [6.07, 6.45) is 4.39. The number of fused-ring (bicyclic) bond motifs is 10. The Morgan fingerprint density at radius 3 is 2.36 bits per heavy atom. The number of esters is 2. The maximum absolute atomic E-state index is 13.3. The zero-order valence-electron chi connectivity index (χ0n) is 17.1. The smallest absolute Gasteiger partial charge is 0.310 e.